The SMILES string of the molecule is CCCON=C(C)COc1ccc(Cl)cc1. The van der Waals surface area contributed by atoms with Crippen molar-refractivity contribution in [2.75, 3.05) is 13.2 Å². The number of hydrogen-bond acceptors (Lipinski definition) is 3. The summed E-state index contributed by atoms with van der Waals surface area (Å²) in [6.45, 7) is 4.96. The van der Waals surface area contributed by atoms with Crippen molar-refractivity contribution < 1.29 is 9.57 Å². The lowest BCUT2D eigenvalue weighted by Gasteiger charge is -2.05. The van der Waals surface area contributed by atoms with Gasteiger partial charge in [-0.3, -0.25) is 0 Å². The van der Waals surface area contributed by atoms with Crippen LogP contribution in [0.1, 0.15) is 20.3 Å². The zero-order chi connectivity index (χ0) is 11.8. The molecule has 0 amide bonds. The van der Waals surface area contributed by atoms with E-state index in [2.05, 4.69) is 5.16 Å². The van der Waals surface area contributed by atoms with Gasteiger partial charge in [-0.05, 0) is 37.6 Å². The maximum Gasteiger partial charge on any atom is 0.129 e. The van der Waals surface area contributed by atoms with Crippen LogP contribution in [-0.4, -0.2) is 18.9 Å². The molecule has 0 saturated carbocycles. The van der Waals surface area contributed by atoms with Crippen molar-refractivity contribution >= 4 is 17.3 Å². The highest BCUT2D eigenvalue weighted by Gasteiger charge is 1.96. The molecule has 1 aromatic carbocycles. The van der Waals surface area contributed by atoms with E-state index < -0.39 is 0 Å². The third kappa shape index (κ3) is 5.03. The lowest BCUT2D eigenvalue weighted by Crippen LogP contribution is -2.08. The minimum absolute atomic E-state index is 0.422. The molecule has 1 rings (SSSR count). The zero-order valence-corrected chi connectivity index (χ0v) is 10.3. The van der Waals surface area contributed by atoms with E-state index in [0.29, 0.717) is 18.2 Å². The summed E-state index contributed by atoms with van der Waals surface area (Å²) in [7, 11) is 0. The molecule has 1 aromatic rings. The molecule has 0 aliphatic rings. The molecule has 0 bridgehead atoms. The van der Waals surface area contributed by atoms with E-state index in [1.54, 1.807) is 12.1 Å². The van der Waals surface area contributed by atoms with Crippen LogP contribution in [0.4, 0.5) is 0 Å². The Hall–Kier alpha value is -1.22. The second kappa shape index (κ2) is 7.12. The number of rotatable bonds is 6. The number of ether oxygens (including phenoxy) is 1. The number of oxime groups is 1. The molecule has 0 N–H and O–H groups in total. The summed E-state index contributed by atoms with van der Waals surface area (Å²) in [5.74, 6) is 0.773. The second-order valence-electron chi connectivity index (χ2n) is 3.40. The van der Waals surface area contributed by atoms with E-state index in [1.165, 1.54) is 0 Å². The van der Waals surface area contributed by atoms with Gasteiger partial charge in [-0.25, -0.2) is 0 Å². The van der Waals surface area contributed by atoms with Crippen LogP contribution >= 0.6 is 11.6 Å². The van der Waals surface area contributed by atoms with Gasteiger partial charge in [-0.1, -0.05) is 23.7 Å². The molecule has 88 valence electrons. The Morgan fingerprint density at radius 1 is 1.31 bits per heavy atom. The normalized spacial score (nSPS) is 11.3. The third-order valence-electron chi connectivity index (χ3n) is 1.78. The van der Waals surface area contributed by atoms with Crippen molar-refractivity contribution in [3.8, 4) is 5.75 Å². The number of halogens is 1. The summed E-state index contributed by atoms with van der Waals surface area (Å²) in [6.07, 6.45) is 0.953. The van der Waals surface area contributed by atoms with Crippen molar-refractivity contribution in [1.29, 1.82) is 0 Å². The maximum absolute atomic E-state index is 5.76. The summed E-state index contributed by atoms with van der Waals surface area (Å²) < 4.78 is 5.48. The number of nitrogens with zero attached hydrogens (tertiary/aromatic N) is 1. The van der Waals surface area contributed by atoms with Gasteiger partial charge in [-0.2, -0.15) is 0 Å². The van der Waals surface area contributed by atoms with Gasteiger partial charge in [0.1, 0.15) is 19.0 Å². The van der Waals surface area contributed by atoms with Crippen molar-refractivity contribution in [1.82, 2.24) is 0 Å². The van der Waals surface area contributed by atoms with Gasteiger partial charge in [0.05, 0.1) is 5.71 Å². The largest absolute Gasteiger partial charge is 0.488 e. The minimum atomic E-state index is 0.422. The summed E-state index contributed by atoms with van der Waals surface area (Å²) in [5, 5.41) is 4.61. The molecular formula is C12H16ClNO2. The van der Waals surface area contributed by atoms with Crippen LogP contribution in [0.15, 0.2) is 29.4 Å². The van der Waals surface area contributed by atoms with E-state index >= 15 is 0 Å². The van der Waals surface area contributed by atoms with Gasteiger partial charge in [0.15, 0.2) is 0 Å². The molecule has 0 fully saturated rings. The summed E-state index contributed by atoms with van der Waals surface area (Å²) >= 11 is 5.76. The van der Waals surface area contributed by atoms with E-state index in [4.69, 9.17) is 21.2 Å². The summed E-state index contributed by atoms with van der Waals surface area (Å²) in [4.78, 5) is 5.04. The van der Waals surface area contributed by atoms with Crippen LogP contribution in [0, 0.1) is 0 Å². The highest BCUT2D eigenvalue weighted by Crippen LogP contribution is 2.15. The molecule has 0 aliphatic carbocycles. The molecule has 3 nitrogen and oxygen atoms in total. The zero-order valence-electron chi connectivity index (χ0n) is 9.57. The van der Waals surface area contributed by atoms with Crippen LogP contribution in [0.2, 0.25) is 5.02 Å². The minimum Gasteiger partial charge on any atom is -0.488 e. The van der Waals surface area contributed by atoms with Crippen LogP contribution in [-0.2, 0) is 4.84 Å². The lowest BCUT2D eigenvalue weighted by molar-refractivity contribution is 0.143. The van der Waals surface area contributed by atoms with Crippen LogP contribution < -0.4 is 4.74 Å². The smallest absolute Gasteiger partial charge is 0.129 e. The van der Waals surface area contributed by atoms with Gasteiger partial charge in [0.25, 0.3) is 0 Å². The first-order valence-corrected chi connectivity index (χ1v) is 5.64. The van der Waals surface area contributed by atoms with Crippen LogP contribution in [0.3, 0.4) is 0 Å². The molecule has 0 atom stereocenters. The first-order chi connectivity index (χ1) is 7.72. The molecule has 0 saturated heterocycles. The average Bonchev–Trinajstić information content (AvgIpc) is 2.29. The standard InChI is InChI=1S/C12H16ClNO2/c1-3-8-16-14-10(2)9-15-12-6-4-11(13)5-7-12/h4-7H,3,8-9H2,1-2H3. The molecule has 16 heavy (non-hydrogen) atoms. The Morgan fingerprint density at radius 3 is 2.62 bits per heavy atom. The molecule has 0 heterocycles. The molecular weight excluding hydrogens is 226 g/mol. The Bertz CT molecular complexity index is 335. The van der Waals surface area contributed by atoms with Gasteiger partial charge < -0.3 is 9.57 Å². The summed E-state index contributed by atoms with van der Waals surface area (Å²) in [5.41, 5.74) is 0.809. The van der Waals surface area contributed by atoms with E-state index in [-0.39, 0.29) is 0 Å². The van der Waals surface area contributed by atoms with Gasteiger partial charge in [-0.15, -0.1) is 0 Å². The fraction of sp³-hybridized carbons (Fsp3) is 0.417. The Kier molecular flexibility index (Phi) is 5.72. The van der Waals surface area contributed by atoms with E-state index in [0.717, 1.165) is 17.9 Å². The Balaban J connectivity index is 2.33. The second-order valence-corrected chi connectivity index (χ2v) is 3.84. The van der Waals surface area contributed by atoms with Crippen molar-refractivity contribution in [3.05, 3.63) is 29.3 Å². The molecule has 0 spiro atoms. The molecule has 0 radical (unpaired) electrons. The predicted octanol–water partition coefficient (Wildman–Crippen LogP) is 3.52. The Labute approximate surface area is 101 Å². The van der Waals surface area contributed by atoms with Gasteiger partial charge in [0.2, 0.25) is 0 Å². The van der Waals surface area contributed by atoms with Gasteiger partial charge >= 0.3 is 0 Å². The summed E-state index contributed by atoms with van der Waals surface area (Å²) in [6, 6.07) is 7.22. The quantitative estimate of drug-likeness (QED) is 0.433. The van der Waals surface area contributed by atoms with Crippen molar-refractivity contribution in [3.63, 3.8) is 0 Å². The van der Waals surface area contributed by atoms with Crippen LogP contribution in [0.25, 0.3) is 0 Å². The molecule has 0 aliphatic heterocycles. The first kappa shape index (κ1) is 12.8. The van der Waals surface area contributed by atoms with E-state index in [1.807, 2.05) is 26.0 Å². The monoisotopic (exact) mass is 241 g/mol. The number of hydrogen-bond donors (Lipinski definition) is 0. The first-order valence-electron chi connectivity index (χ1n) is 5.26. The van der Waals surface area contributed by atoms with E-state index in [9.17, 15) is 0 Å². The fourth-order valence-corrected chi connectivity index (χ4v) is 1.12. The van der Waals surface area contributed by atoms with Crippen LogP contribution in [0.5, 0.6) is 5.75 Å². The highest BCUT2D eigenvalue weighted by atomic mass is 35.5. The van der Waals surface area contributed by atoms with Crippen molar-refractivity contribution in [2.24, 2.45) is 5.16 Å². The third-order valence-corrected chi connectivity index (χ3v) is 2.03. The molecule has 0 aromatic heterocycles. The molecule has 4 heteroatoms. The number of benzene rings is 1. The fourth-order valence-electron chi connectivity index (χ4n) is 0.992. The Morgan fingerprint density at radius 2 is 2.00 bits per heavy atom. The average molecular weight is 242 g/mol. The maximum atomic E-state index is 5.76. The predicted molar refractivity (Wildman–Crippen MR) is 66.3 cm³/mol. The highest BCUT2D eigenvalue weighted by molar-refractivity contribution is 6.30. The van der Waals surface area contributed by atoms with Gasteiger partial charge in [0, 0.05) is 5.02 Å². The lowest BCUT2D eigenvalue weighted by atomic mass is 10.3. The van der Waals surface area contributed by atoms with Crippen molar-refractivity contribution in [2.45, 2.75) is 20.3 Å². The topological polar surface area (TPSA) is 30.8 Å². The molecule has 0 unspecified atom stereocenters.